The van der Waals surface area contributed by atoms with Crippen LogP contribution < -0.4 is 5.73 Å². The Kier molecular flexibility index (Phi) is 4.45. The predicted octanol–water partition coefficient (Wildman–Crippen LogP) is 2.15. The minimum Gasteiger partial charge on any atom is -0.381 e. The summed E-state index contributed by atoms with van der Waals surface area (Å²) in [5.41, 5.74) is 6.34. The van der Waals surface area contributed by atoms with Crippen LogP contribution in [-0.2, 0) is 4.74 Å². The van der Waals surface area contributed by atoms with Crippen molar-refractivity contribution in [3.8, 4) is 0 Å². The van der Waals surface area contributed by atoms with Gasteiger partial charge in [-0.2, -0.15) is 0 Å². The maximum absolute atomic E-state index is 6.08. The van der Waals surface area contributed by atoms with E-state index in [1.54, 1.807) is 0 Å². The third kappa shape index (κ3) is 2.51. The van der Waals surface area contributed by atoms with E-state index < -0.39 is 0 Å². The van der Waals surface area contributed by atoms with Crippen LogP contribution in [0.5, 0.6) is 0 Å². The van der Waals surface area contributed by atoms with Crippen molar-refractivity contribution in [2.24, 2.45) is 5.73 Å². The van der Waals surface area contributed by atoms with Crippen LogP contribution >= 0.6 is 0 Å². The smallest absolute Gasteiger partial charge is 0.0607 e. The summed E-state index contributed by atoms with van der Waals surface area (Å²) in [5, 5.41) is 0. The second kappa shape index (κ2) is 5.68. The van der Waals surface area contributed by atoms with E-state index in [9.17, 15) is 0 Å². The molecule has 1 saturated heterocycles. The minimum atomic E-state index is 0.265. The van der Waals surface area contributed by atoms with Crippen molar-refractivity contribution in [3.63, 3.8) is 0 Å². The molecule has 0 amide bonds. The molecule has 0 aromatic heterocycles. The van der Waals surface area contributed by atoms with E-state index in [4.69, 9.17) is 10.5 Å². The number of hydrogen-bond donors (Lipinski definition) is 1. The van der Waals surface area contributed by atoms with Gasteiger partial charge in [-0.3, -0.25) is 4.90 Å². The second-order valence-corrected chi connectivity index (χ2v) is 5.83. The van der Waals surface area contributed by atoms with Crippen molar-refractivity contribution in [2.45, 2.75) is 69.6 Å². The molecule has 2 N–H and O–H groups in total. The molecular formula is C14H28N2O. The number of rotatable bonds is 5. The highest BCUT2D eigenvalue weighted by molar-refractivity contribution is 5.06. The summed E-state index contributed by atoms with van der Waals surface area (Å²) in [6, 6.07) is 0.773. The van der Waals surface area contributed by atoms with Gasteiger partial charge in [-0.05, 0) is 38.6 Å². The lowest BCUT2D eigenvalue weighted by Gasteiger charge is -2.57. The van der Waals surface area contributed by atoms with Crippen LogP contribution in [0.4, 0.5) is 0 Å². The van der Waals surface area contributed by atoms with Crippen LogP contribution in [0.2, 0.25) is 0 Å². The van der Waals surface area contributed by atoms with Crippen molar-refractivity contribution in [2.75, 3.05) is 20.2 Å². The van der Waals surface area contributed by atoms with Crippen LogP contribution in [0.25, 0.3) is 0 Å². The summed E-state index contributed by atoms with van der Waals surface area (Å²) in [6.45, 7) is 4.34. The highest BCUT2D eigenvalue weighted by atomic mass is 16.5. The highest BCUT2D eigenvalue weighted by Crippen LogP contribution is 2.42. The molecule has 2 aliphatic rings. The Morgan fingerprint density at radius 2 is 2.12 bits per heavy atom. The fourth-order valence-corrected chi connectivity index (χ4v) is 3.73. The van der Waals surface area contributed by atoms with Crippen LogP contribution in [0.1, 0.15) is 51.9 Å². The average Bonchev–Trinajstić information content (AvgIpc) is 2.31. The van der Waals surface area contributed by atoms with E-state index in [0.717, 1.165) is 25.4 Å². The lowest BCUT2D eigenvalue weighted by molar-refractivity contribution is -0.111. The van der Waals surface area contributed by atoms with Crippen LogP contribution in [0.3, 0.4) is 0 Å². The predicted molar refractivity (Wildman–Crippen MR) is 71.1 cm³/mol. The van der Waals surface area contributed by atoms with Crippen molar-refractivity contribution in [1.29, 1.82) is 0 Å². The number of likely N-dealkylation sites (tertiary alicyclic amines) is 1. The zero-order valence-corrected chi connectivity index (χ0v) is 11.5. The second-order valence-electron chi connectivity index (χ2n) is 5.83. The molecule has 2 rings (SSSR count). The first-order valence-corrected chi connectivity index (χ1v) is 7.25. The van der Waals surface area contributed by atoms with E-state index in [2.05, 4.69) is 11.8 Å². The molecule has 1 atom stereocenters. The third-order valence-electron chi connectivity index (χ3n) is 4.79. The summed E-state index contributed by atoms with van der Waals surface area (Å²) >= 11 is 0. The van der Waals surface area contributed by atoms with Gasteiger partial charge in [0.15, 0.2) is 0 Å². The Balaban J connectivity index is 2.01. The SMILES string of the molecule is CCCC1CCCCN1C1(CN)CC(OC)C1. The van der Waals surface area contributed by atoms with Gasteiger partial charge in [0, 0.05) is 25.2 Å². The molecule has 3 nitrogen and oxygen atoms in total. The van der Waals surface area contributed by atoms with E-state index in [1.807, 2.05) is 7.11 Å². The van der Waals surface area contributed by atoms with Gasteiger partial charge >= 0.3 is 0 Å². The number of methoxy groups -OCH3 is 1. The fourth-order valence-electron chi connectivity index (χ4n) is 3.73. The molecule has 1 aliphatic heterocycles. The molecule has 2 fully saturated rings. The minimum absolute atomic E-state index is 0.265. The standard InChI is InChI=1S/C14H28N2O/c1-3-6-12-7-4-5-8-16(12)14(11-15)9-13(10-14)17-2/h12-13H,3-11,15H2,1-2H3. The molecular weight excluding hydrogens is 212 g/mol. The molecule has 0 aromatic carbocycles. The number of ether oxygens (including phenoxy) is 1. The van der Waals surface area contributed by atoms with Gasteiger partial charge in [-0.15, -0.1) is 0 Å². The van der Waals surface area contributed by atoms with Crippen molar-refractivity contribution < 1.29 is 4.74 Å². The molecule has 1 unspecified atom stereocenters. The summed E-state index contributed by atoms with van der Waals surface area (Å²) in [7, 11) is 1.82. The van der Waals surface area contributed by atoms with Gasteiger partial charge in [0.1, 0.15) is 0 Å². The van der Waals surface area contributed by atoms with E-state index in [1.165, 1.54) is 38.6 Å². The molecule has 0 aromatic rings. The largest absolute Gasteiger partial charge is 0.381 e. The monoisotopic (exact) mass is 240 g/mol. The molecule has 17 heavy (non-hydrogen) atoms. The summed E-state index contributed by atoms with van der Waals surface area (Å²) < 4.78 is 5.45. The van der Waals surface area contributed by atoms with Crippen molar-refractivity contribution in [3.05, 3.63) is 0 Å². The lowest BCUT2D eigenvalue weighted by Crippen LogP contribution is -2.67. The number of nitrogens with zero attached hydrogens (tertiary/aromatic N) is 1. The first kappa shape index (κ1) is 13.3. The van der Waals surface area contributed by atoms with Gasteiger partial charge in [-0.1, -0.05) is 19.8 Å². The molecule has 1 heterocycles. The Morgan fingerprint density at radius 3 is 2.71 bits per heavy atom. The van der Waals surface area contributed by atoms with Gasteiger partial charge < -0.3 is 10.5 Å². The van der Waals surface area contributed by atoms with Crippen LogP contribution in [-0.4, -0.2) is 42.8 Å². The normalized spacial score (nSPS) is 39.0. The summed E-state index contributed by atoms with van der Waals surface area (Å²) in [4.78, 5) is 2.73. The molecule has 0 spiro atoms. The Bertz CT molecular complexity index is 236. The summed E-state index contributed by atoms with van der Waals surface area (Å²) in [6.07, 6.45) is 9.46. The zero-order chi connectivity index (χ0) is 12.3. The number of hydrogen-bond acceptors (Lipinski definition) is 3. The van der Waals surface area contributed by atoms with E-state index in [-0.39, 0.29) is 5.54 Å². The Morgan fingerprint density at radius 1 is 1.35 bits per heavy atom. The van der Waals surface area contributed by atoms with Crippen LogP contribution in [0.15, 0.2) is 0 Å². The van der Waals surface area contributed by atoms with E-state index >= 15 is 0 Å². The van der Waals surface area contributed by atoms with E-state index in [0.29, 0.717) is 6.10 Å². The van der Waals surface area contributed by atoms with Gasteiger partial charge in [0.25, 0.3) is 0 Å². The first-order chi connectivity index (χ1) is 8.25. The maximum atomic E-state index is 6.08. The fraction of sp³-hybridized carbons (Fsp3) is 1.00. The number of piperidine rings is 1. The zero-order valence-electron chi connectivity index (χ0n) is 11.5. The van der Waals surface area contributed by atoms with Crippen molar-refractivity contribution in [1.82, 2.24) is 4.90 Å². The van der Waals surface area contributed by atoms with Gasteiger partial charge in [0.05, 0.1) is 6.10 Å². The number of nitrogens with two attached hydrogens (primary N) is 1. The van der Waals surface area contributed by atoms with Gasteiger partial charge in [-0.25, -0.2) is 0 Å². The van der Waals surface area contributed by atoms with Crippen molar-refractivity contribution >= 4 is 0 Å². The topological polar surface area (TPSA) is 38.5 Å². The van der Waals surface area contributed by atoms with Gasteiger partial charge in [0.2, 0.25) is 0 Å². The molecule has 100 valence electrons. The summed E-state index contributed by atoms with van der Waals surface area (Å²) in [5.74, 6) is 0. The van der Waals surface area contributed by atoms with Crippen LogP contribution in [0, 0.1) is 0 Å². The lowest BCUT2D eigenvalue weighted by atomic mass is 9.71. The Hall–Kier alpha value is -0.120. The molecule has 1 aliphatic carbocycles. The quantitative estimate of drug-likeness (QED) is 0.800. The Labute approximate surface area is 106 Å². The first-order valence-electron chi connectivity index (χ1n) is 7.25. The molecule has 3 heteroatoms. The third-order valence-corrected chi connectivity index (χ3v) is 4.79. The molecule has 0 radical (unpaired) electrons. The maximum Gasteiger partial charge on any atom is 0.0607 e. The average molecular weight is 240 g/mol. The molecule has 1 saturated carbocycles. The highest BCUT2D eigenvalue weighted by Gasteiger charge is 2.49. The molecule has 0 bridgehead atoms.